The Morgan fingerprint density at radius 1 is 0.938 bits per heavy atom. The summed E-state index contributed by atoms with van der Waals surface area (Å²) in [6.07, 6.45) is -2.92. The van der Waals surface area contributed by atoms with Gasteiger partial charge >= 0.3 is 6.18 Å². The van der Waals surface area contributed by atoms with Gasteiger partial charge in [-0.2, -0.15) is 13.2 Å². The van der Waals surface area contributed by atoms with Gasteiger partial charge in [-0.15, -0.1) is 0 Å². The quantitative estimate of drug-likeness (QED) is 0.477. The summed E-state index contributed by atoms with van der Waals surface area (Å²) in [4.78, 5) is 16.1. The molecule has 1 N–H and O–H groups in total. The van der Waals surface area contributed by atoms with E-state index in [9.17, 15) is 26.7 Å². The fraction of sp³-hybridized carbons (Fsp3) is 0.217. The summed E-state index contributed by atoms with van der Waals surface area (Å²) < 4.78 is 68.1. The number of aromatic nitrogens is 1. The van der Waals surface area contributed by atoms with Crippen molar-refractivity contribution in [3.05, 3.63) is 95.2 Å². The van der Waals surface area contributed by atoms with Crippen LogP contribution in [0.5, 0.6) is 5.88 Å². The Labute approximate surface area is 181 Å². The maximum Gasteiger partial charge on any atom is 0.422 e. The topological polar surface area (TPSA) is 51.2 Å². The molecule has 168 valence electrons. The number of nitrogens with one attached hydrogen (secondary N) is 1. The summed E-state index contributed by atoms with van der Waals surface area (Å²) in [6.45, 7) is -1.30. The molecule has 0 atom stereocenters. The lowest BCUT2D eigenvalue weighted by atomic mass is 9.88. The van der Waals surface area contributed by atoms with E-state index in [1.165, 1.54) is 36.5 Å². The zero-order chi connectivity index (χ0) is 23.1. The van der Waals surface area contributed by atoms with Gasteiger partial charge in [0, 0.05) is 30.3 Å². The van der Waals surface area contributed by atoms with Gasteiger partial charge in [0.25, 0.3) is 5.91 Å². The number of hydrogen-bond donors (Lipinski definition) is 1. The van der Waals surface area contributed by atoms with Crippen LogP contribution >= 0.6 is 0 Å². The van der Waals surface area contributed by atoms with Gasteiger partial charge in [0.05, 0.1) is 0 Å². The van der Waals surface area contributed by atoms with Crippen LogP contribution in [0.15, 0.2) is 66.9 Å². The second-order valence-electron chi connectivity index (χ2n) is 6.99. The van der Waals surface area contributed by atoms with E-state index >= 15 is 0 Å². The molecule has 32 heavy (non-hydrogen) atoms. The van der Waals surface area contributed by atoms with Gasteiger partial charge in [-0.3, -0.25) is 4.79 Å². The van der Waals surface area contributed by atoms with Gasteiger partial charge in [0.1, 0.15) is 11.6 Å². The largest absolute Gasteiger partial charge is 0.468 e. The van der Waals surface area contributed by atoms with E-state index in [4.69, 9.17) is 0 Å². The van der Waals surface area contributed by atoms with Crippen LogP contribution in [-0.2, 0) is 0 Å². The third kappa shape index (κ3) is 6.76. The Kier molecular flexibility index (Phi) is 7.40. The van der Waals surface area contributed by atoms with Crippen LogP contribution in [-0.4, -0.2) is 30.2 Å². The molecule has 0 spiro atoms. The highest BCUT2D eigenvalue weighted by Crippen LogP contribution is 2.28. The lowest BCUT2D eigenvalue weighted by molar-refractivity contribution is -0.154. The number of benzene rings is 2. The molecule has 0 aliphatic rings. The monoisotopic (exact) mass is 450 g/mol. The SMILES string of the molecule is O=C(NCCC(c1ccc(F)cc1)c1ccc(F)cc1)c1ccnc(OCC(F)(F)F)c1. The number of halogens is 5. The van der Waals surface area contributed by atoms with E-state index in [1.54, 1.807) is 24.3 Å². The molecule has 0 aliphatic heterocycles. The molecule has 0 saturated carbocycles. The van der Waals surface area contributed by atoms with Crippen molar-refractivity contribution >= 4 is 5.91 Å². The maximum atomic E-state index is 13.3. The van der Waals surface area contributed by atoms with Gasteiger partial charge in [-0.25, -0.2) is 13.8 Å². The molecule has 0 fully saturated rings. The minimum atomic E-state index is -4.52. The average molecular weight is 450 g/mol. The Balaban J connectivity index is 1.66. The number of amides is 1. The predicted molar refractivity (Wildman–Crippen MR) is 107 cm³/mol. The first-order valence-corrected chi connectivity index (χ1v) is 9.66. The molecule has 9 heteroatoms. The molecule has 3 aromatic rings. The van der Waals surface area contributed by atoms with Gasteiger partial charge in [-0.1, -0.05) is 24.3 Å². The van der Waals surface area contributed by atoms with Gasteiger partial charge in [0.2, 0.25) is 5.88 Å². The molecule has 0 bridgehead atoms. The molecular weight excluding hydrogens is 431 g/mol. The number of nitrogens with zero attached hydrogens (tertiary/aromatic N) is 1. The molecule has 0 unspecified atom stereocenters. The molecule has 0 aliphatic carbocycles. The number of pyridine rings is 1. The molecule has 1 aromatic heterocycles. The van der Waals surface area contributed by atoms with E-state index in [-0.39, 0.29) is 35.5 Å². The van der Waals surface area contributed by atoms with E-state index in [1.807, 2.05) is 0 Å². The number of carbonyl (C=O) groups excluding carboxylic acids is 1. The van der Waals surface area contributed by atoms with Crippen molar-refractivity contribution < 1.29 is 31.5 Å². The van der Waals surface area contributed by atoms with Crippen LogP contribution in [0.3, 0.4) is 0 Å². The van der Waals surface area contributed by atoms with Crippen LogP contribution in [0.4, 0.5) is 22.0 Å². The van der Waals surface area contributed by atoms with E-state index in [0.717, 1.165) is 17.2 Å². The second-order valence-corrected chi connectivity index (χ2v) is 6.99. The standard InChI is InChI=1S/C23H19F5N2O2/c24-18-5-1-15(2-6-18)20(16-3-7-19(25)8-4-16)10-12-30-22(31)17-9-11-29-21(13-17)32-14-23(26,27)28/h1-9,11,13,20H,10,12,14H2,(H,30,31). The molecular formula is C23H19F5N2O2. The van der Waals surface area contributed by atoms with Crippen molar-refractivity contribution in [1.29, 1.82) is 0 Å². The van der Waals surface area contributed by atoms with E-state index in [0.29, 0.717) is 6.42 Å². The Morgan fingerprint density at radius 3 is 2.03 bits per heavy atom. The Morgan fingerprint density at radius 2 is 1.50 bits per heavy atom. The van der Waals surface area contributed by atoms with Gasteiger partial charge in [-0.05, 0) is 47.9 Å². The summed E-state index contributed by atoms with van der Waals surface area (Å²) in [7, 11) is 0. The van der Waals surface area contributed by atoms with E-state index < -0.39 is 18.7 Å². The minimum Gasteiger partial charge on any atom is -0.468 e. The van der Waals surface area contributed by atoms with E-state index in [2.05, 4.69) is 15.0 Å². The average Bonchev–Trinajstić information content (AvgIpc) is 2.76. The lowest BCUT2D eigenvalue weighted by Crippen LogP contribution is -2.26. The summed E-state index contributed by atoms with van der Waals surface area (Å²) in [5.41, 5.74) is 1.68. The van der Waals surface area contributed by atoms with Crippen molar-refractivity contribution in [2.24, 2.45) is 0 Å². The van der Waals surface area contributed by atoms with Crippen LogP contribution in [0.25, 0.3) is 0 Å². The third-order valence-electron chi connectivity index (χ3n) is 4.64. The number of ether oxygens (including phenoxy) is 1. The molecule has 4 nitrogen and oxygen atoms in total. The smallest absolute Gasteiger partial charge is 0.422 e. The van der Waals surface area contributed by atoms with Crippen molar-refractivity contribution in [2.45, 2.75) is 18.5 Å². The summed E-state index contributed by atoms with van der Waals surface area (Å²) in [5.74, 6) is -1.84. The highest BCUT2D eigenvalue weighted by molar-refractivity contribution is 5.94. The Bertz CT molecular complexity index is 992. The minimum absolute atomic E-state index is 0.0947. The van der Waals surface area contributed by atoms with Crippen LogP contribution in [0.2, 0.25) is 0 Å². The zero-order valence-corrected chi connectivity index (χ0v) is 16.7. The molecule has 3 rings (SSSR count). The second kappa shape index (κ2) is 10.2. The summed E-state index contributed by atoms with van der Waals surface area (Å²) >= 11 is 0. The van der Waals surface area contributed by atoms with Crippen molar-refractivity contribution in [1.82, 2.24) is 10.3 Å². The summed E-state index contributed by atoms with van der Waals surface area (Å²) in [6, 6.07) is 14.3. The fourth-order valence-corrected chi connectivity index (χ4v) is 3.13. The molecule has 2 aromatic carbocycles. The number of hydrogen-bond acceptors (Lipinski definition) is 3. The normalized spacial score (nSPS) is 11.4. The van der Waals surface area contributed by atoms with Gasteiger partial charge in [0.15, 0.2) is 6.61 Å². The number of alkyl halides is 3. The highest BCUT2D eigenvalue weighted by Gasteiger charge is 2.28. The van der Waals surface area contributed by atoms with Crippen LogP contribution in [0.1, 0.15) is 33.8 Å². The first-order chi connectivity index (χ1) is 15.2. The van der Waals surface area contributed by atoms with Crippen LogP contribution < -0.4 is 10.1 Å². The van der Waals surface area contributed by atoms with Crippen molar-refractivity contribution in [3.63, 3.8) is 0 Å². The molecule has 1 amide bonds. The number of carbonyl (C=O) groups is 1. The first kappa shape index (κ1) is 23.2. The first-order valence-electron chi connectivity index (χ1n) is 9.66. The number of rotatable bonds is 8. The van der Waals surface area contributed by atoms with Gasteiger partial charge < -0.3 is 10.1 Å². The molecule has 0 radical (unpaired) electrons. The zero-order valence-electron chi connectivity index (χ0n) is 16.7. The molecule has 0 saturated heterocycles. The van der Waals surface area contributed by atoms with Crippen molar-refractivity contribution in [2.75, 3.05) is 13.2 Å². The maximum absolute atomic E-state index is 13.3. The van der Waals surface area contributed by atoms with Crippen LogP contribution in [0, 0.1) is 11.6 Å². The fourth-order valence-electron chi connectivity index (χ4n) is 3.13. The third-order valence-corrected chi connectivity index (χ3v) is 4.64. The lowest BCUT2D eigenvalue weighted by Gasteiger charge is -2.19. The summed E-state index contributed by atoms with van der Waals surface area (Å²) in [5, 5.41) is 2.70. The Hall–Kier alpha value is -3.49. The van der Waals surface area contributed by atoms with Crippen molar-refractivity contribution in [3.8, 4) is 5.88 Å². The predicted octanol–water partition coefficient (Wildman–Crippen LogP) is 5.25. The molecule has 1 heterocycles. The highest BCUT2D eigenvalue weighted by atomic mass is 19.4.